The van der Waals surface area contributed by atoms with Crippen LogP contribution in [0.25, 0.3) is 0 Å². The fourth-order valence-electron chi connectivity index (χ4n) is 5.76. The van der Waals surface area contributed by atoms with Gasteiger partial charge in [-0.15, -0.1) is 0 Å². The number of hydrogen-bond donors (Lipinski definition) is 0. The van der Waals surface area contributed by atoms with Crippen molar-refractivity contribution in [1.29, 1.82) is 0 Å². The predicted molar refractivity (Wildman–Crippen MR) is 129 cm³/mol. The van der Waals surface area contributed by atoms with Gasteiger partial charge in [-0.1, -0.05) is 65.7 Å². The van der Waals surface area contributed by atoms with Crippen molar-refractivity contribution in [3.8, 4) is 0 Å². The Labute approximate surface area is 206 Å². The van der Waals surface area contributed by atoms with Crippen LogP contribution in [0.15, 0.2) is 66.7 Å². The lowest BCUT2D eigenvalue weighted by atomic mass is 9.77. The number of ketones is 2. The van der Waals surface area contributed by atoms with Gasteiger partial charge in [-0.25, -0.2) is 4.90 Å². The van der Waals surface area contributed by atoms with Crippen molar-refractivity contribution < 1.29 is 23.9 Å². The molecule has 1 aliphatic carbocycles. The van der Waals surface area contributed by atoms with Gasteiger partial charge in [0.05, 0.1) is 23.6 Å². The van der Waals surface area contributed by atoms with Crippen LogP contribution in [0.4, 0.5) is 5.69 Å². The van der Waals surface area contributed by atoms with Crippen LogP contribution >= 0.6 is 11.6 Å². The summed E-state index contributed by atoms with van der Waals surface area (Å²) in [6, 6.07) is 18.5. The molecule has 0 N–H and O–H groups in total. The van der Waals surface area contributed by atoms with E-state index < -0.39 is 46.9 Å². The first-order valence-electron chi connectivity index (χ1n) is 11.3. The fourth-order valence-corrected chi connectivity index (χ4v) is 5.89. The van der Waals surface area contributed by atoms with Gasteiger partial charge >= 0.3 is 0 Å². The van der Waals surface area contributed by atoms with Crippen molar-refractivity contribution in [3.63, 3.8) is 0 Å². The minimum absolute atomic E-state index is 0.207. The number of amides is 2. The lowest BCUT2D eigenvalue weighted by molar-refractivity contribution is -0.127. The highest BCUT2D eigenvalue weighted by atomic mass is 35.5. The van der Waals surface area contributed by atoms with Crippen LogP contribution in [-0.2, 0) is 14.3 Å². The lowest BCUT2D eigenvalue weighted by Gasteiger charge is -2.27. The Bertz CT molecular complexity index is 1430. The molecule has 2 fully saturated rings. The zero-order chi connectivity index (χ0) is 24.6. The largest absolute Gasteiger partial charge is 0.349 e. The van der Waals surface area contributed by atoms with E-state index in [4.69, 9.17) is 16.3 Å². The molecule has 3 aromatic carbocycles. The molecule has 0 saturated carbocycles. The third-order valence-corrected chi connectivity index (χ3v) is 7.56. The van der Waals surface area contributed by atoms with Crippen molar-refractivity contribution in [2.45, 2.75) is 25.6 Å². The van der Waals surface area contributed by atoms with E-state index in [0.29, 0.717) is 16.3 Å². The maximum absolute atomic E-state index is 14.0. The minimum Gasteiger partial charge on any atom is -0.349 e. The quantitative estimate of drug-likeness (QED) is 0.390. The monoisotopic (exact) mass is 485 g/mol. The number of benzene rings is 3. The van der Waals surface area contributed by atoms with Gasteiger partial charge in [0.25, 0.3) is 0 Å². The molecular formula is C28H20ClNO5. The Kier molecular flexibility index (Phi) is 4.66. The molecule has 6 rings (SSSR count). The number of anilines is 1. The van der Waals surface area contributed by atoms with Gasteiger partial charge in [0.15, 0.2) is 0 Å². The van der Waals surface area contributed by atoms with Crippen LogP contribution in [0.5, 0.6) is 0 Å². The molecule has 7 heteroatoms. The van der Waals surface area contributed by atoms with E-state index in [9.17, 15) is 19.2 Å². The van der Waals surface area contributed by atoms with E-state index in [2.05, 4.69) is 0 Å². The smallest absolute Gasteiger partial charge is 0.241 e. The second-order valence-corrected chi connectivity index (χ2v) is 9.77. The summed E-state index contributed by atoms with van der Waals surface area (Å²) >= 11 is 6.06. The molecule has 3 atom stereocenters. The Morgan fingerprint density at radius 2 is 1.46 bits per heavy atom. The maximum atomic E-state index is 14.0. The van der Waals surface area contributed by atoms with Gasteiger partial charge in [-0.3, -0.25) is 19.2 Å². The van der Waals surface area contributed by atoms with Crippen LogP contribution in [0.2, 0.25) is 5.02 Å². The highest BCUT2D eigenvalue weighted by molar-refractivity contribution is 6.37. The number of hydrogen-bond acceptors (Lipinski definition) is 5. The Hall–Kier alpha value is -3.61. The van der Waals surface area contributed by atoms with Gasteiger partial charge in [-0.05, 0) is 43.2 Å². The molecule has 3 aromatic rings. The maximum Gasteiger partial charge on any atom is 0.241 e. The summed E-state index contributed by atoms with van der Waals surface area (Å²) in [6.07, 6.45) is -0.966. The van der Waals surface area contributed by atoms with Crippen LogP contribution in [-0.4, -0.2) is 29.0 Å². The first kappa shape index (κ1) is 21.9. The van der Waals surface area contributed by atoms with Gasteiger partial charge in [0.1, 0.15) is 0 Å². The van der Waals surface area contributed by atoms with E-state index in [0.717, 1.165) is 16.0 Å². The van der Waals surface area contributed by atoms with E-state index in [1.165, 1.54) is 0 Å². The average molecular weight is 486 g/mol. The number of carbonyl (C=O) groups excluding carboxylic acids is 4. The van der Waals surface area contributed by atoms with E-state index in [-0.39, 0.29) is 11.1 Å². The van der Waals surface area contributed by atoms with Crippen LogP contribution < -0.4 is 4.90 Å². The number of ether oxygens (including phenoxy) is 1. The van der Waals surface area contributed by atoms with E-state index in [1.54, 1.807) is 54.6 Å². The zero-order valence-corrected chi connectivity index (χ0v) is 19.7. The van der Waals surface area contributed by atoms with Crippen molar-refractivity contribution in [1.82, 2.24) is 0 Å². The molecule has 35 heavy (non-hydrogen) atoms. The standard InChI is InChI=1S/C28H20ClNO5/c1-14-7-12-20(15(2)13-14)30-26(33)21-22(27(30)34)28(35-23(21)16-8-10-17(29)11-9-16)24(31)18-5-3-4-6-19(18)25(28)32/h3-13,21-23H,1-2H3/t21-,22+,23+/m1/s1. The summed E-state index contributed by atoms with van der Waals surface area (Å²) in [5.74, 6) is -4.55. The number of halogens is 1. The number of carbonyl (C=O) groups is 4. The fraction of sp³-hybridized carbons (Fsp3) is 0.214. The second kappa shape index (κ2) is 7.44. The summed E-state index contributed by atoms with van der Waals surface area (Å²) in [6.45, 7) is 3.74. The summed E-state index contributed by atoms with van der Waals surface area (Å²) in [4.78, 5) is 56.5. The molecule has 6 nitrogen and oxygen atoms in total. The molecule has 2 heterocycles. The highest BCUT2D eigenvalue weighted by Crippen LogP contribution is 2.57. The number of nitrogens with zero attached hydrogens (tertiary/aromatic N) is 1. The molecule has 174 valence electrons. The van der Waals surface area contributed by atoms with Crippen LogP contribution in [0, 0.1) is 25.7 Å². The van der Waals surface area contributed by atoms with Crippen molar-refractivity contribution >= 4 is 40.7 Å². The molecule has 2 amide bonds. The summed E-state index contributed by atoms with van der Waals surface area (Å²) in [5, 5.41) is 0.490. The second-order valence-electron chi connectivity index (χ2n) is 9.33. The number of Topliss-reactive ketones (excluding diaryl/α,β-unsaturated/α-hetero) is 2. The lowest BCUT2D eigenvalue weighted by Crippen LogP contribution is -2.51. The molecule has 2 saturated heterocycles. The van der Waals surface area contributed by atoms with Crippen molar-refractivity contribution in [2.75, 3.05) is 4.90 Å². The van der Waals surface area contributed by atoms with Gasteiger partial charge in [-0.2, -0.15) is 0 Å². The normalized spacial score (nSPS) is 24.4. The van der Waals surface area contributed by atoms with E-state index >= 15 is 0 Å². The third kappa shape index (κ3) is 2.81. The van der Waals surface area contributed by atoms with Crippen molar-refractivity contribution in [3.05, 3.63) is 99.6 Å². The average Bonchev–Trinajstić information content (AvgIpc) is 3.40. The molecule has 0 bridgehead atoms. The predicted octanol–water partition coefficient (Wildman–Crippen LogP) is 4.65. The van der Waals surface area contributed by atoms with Crippen LogP contribution in [0.1, 0.15) is 43.5 Å². The molecule has 1 spiro atoms. The summed E-state index contributed by atoms with van der Waals surface area (Å²) in [5.41, 5.74) is 1.08. The van der Waals surface area contributed by atoms with Gasteiger partial charge in [0.2, 0.25) is 29.0 Å². The first-order chi connectivity index (χ1) is 16.8. The summed E-state index contributed by atoms with van der Waals surface area (Å²) < 4.78 is 6.27. The Balaban J connectivity index is 1.55. The number of imide groups is 1. The number of fused-ring (bicyclic) bond motifs is 3. The van der Waals surface area contributed by atoms with Crippen molar-refractivity contribution in [2.24, 2.45) is 11.8 Å². The minimum atomic E-state index is -2.08. The summed E-state index contributed by atoms with van der Waals surface area (Å²) in [7, 11) is 0. The molecule has 0 radical (unpaired) electrons. The topological polar surface area (TPSA) is 80.8 Å². The molecule has 0 aromatic heterocycles. The highest BCUT2D eigenvalue weighted by Gasteiger charge is 2.74. The van der Waals surface area contributed by atoms with Crippen LogP contribution in [0.3, 0.4) is 0 Å². The molecule has 3 aliphatic rings. The molecule has 2 aliphatic heterocycles. The Morgan fingerprint density at radius 3 is 2.06 bits per heavy atom. The SMILES string of the molecule is Cc1ccc(N2C(=O)[C@@H]3[C@@H](C2=O)C2(O[C@H]3c3ccc(Cl)cc3)C(=O)c3ccccc3C2=O)c(C)c1. The first-order valence-corrected chi connectivity index (χ1v) is 11.7. The third-order valence-electron chi connectivity index (χ3n) is 7.31. The van der Waals surface area contributed by atoms with Gasteiger partial charge in [0, 0.05) is 16.1 Å². The molecular weight excluding hydrogens is 466 g/mol. The zero-order valence-electron chi connectivity index (χ0n) is 18.9. The number of aryl methyl sites for hydroxylation is 2. The Morgan fingerprint density at radius 1 is 0.829 bits per heavy atom. The molecule has 0 unspecified atom stereocenters. The number of rotatable bonds is 2. The van der Waals surface area contributed by atoms with Gasteiger partial charge < -0.3 is 4.74 Å². The van der Waals surface area contributed by atoms with E-state index in [1.807, 2.05) is 26.0 Å².